The van der Waals surface area contributed by atoms with Crippen LogP contribution >= 0.6 is 0 Å². The lowest BCUT2D eigenvalue weighted by Crippen LogP contribution is -2.28. The van der Waals surface area contributed by atoms with Gasteiger partial charge >= 0.3 is 0 Å². The van der Waals surface area contributed by atoms with Crippen molar-refractivity contribution in [1.29, 1.82) is 5.26 Å². The predicted molar refractivity (Wildman–Crippen MR) is 64.3 cm³/mol. The quantitative estimate of drug-likeness (QED) is 0.794. The van der Waals surface area contributed by atoms with Crippen LogP contribution in [0.1, 0.15) is 12.8 Å². The molecule has 19 heavy (non-hydrogen) atoms. The molecule has 0 aliphatic carbocycles. The first kappa shape index (κ1) is 14.9. The third kappa shape index (κ3) is 4.92. The molecule has 1 aromatic rings. The van der Waals surface area contributed by atoms with Crippen LogP contribution in [-0.2, 0) is 4.79 Å². The lowest BCUT2D eigenvalue weighted by molar-refractivity contribution is -0.130. The number of ether oxygens (including phenoxy) is 1. The average Bonchev–Trinajstić information content (AvgIpc) is 2.39. The summed E-state index contributed by atoms with van der Waals surface area (Å²) in [6, 6.07) is 4.82. The zero-order valence-corrected chi connectivity index (χ0v) is 10.5. The maximum absolute atomic E-state index is 13.2. The third-order valence-electron chi connectivity index (χ3n) is 2.45. The van der Waals surface area contributed by atoms with Crippen molar-refractivity contribution in [3.05, 3.63) is 29.8 Å². The lowest BCUT2D eigenvalue weighted by atomic mass is 10.3. The van der Waals surface area contributed by atoms with Gasteiger partial charge in [-0.3, -0.25) is 4.79 Å². The first-order chi connectivity index (χ1) is 9.04. The fourth-order valence-electron chi connectivity index (χ4n) is 1.37. The fraction of sp³-hybridized carbons (Fsp3) is 0.385. The zero-order chi connectivity index (χ0) is 14.3. The van der Waals surface area contributed by atoms with Crippen LogP contribution in [0.2, 0.25) is 0 Å². The largest absolute Gasteiger partial charge is 0.490 e. The highest BCUT2D eigenvalue weighted by Gasteiger charge is 2.10. The van der Waals surface area contributed by atoms with Crippen molar-refractivity contribution in [3.63, 3.8) is 0 Å². The lowest BCUT2D eigenvalue weighted by Gasteiger charge is -2.15. The van der Waals surface area contributed by atoms with Crippen molar-refractivity contribution in [2.45, 2.75) is 12.8 Å². The van der Waals surface area contributed by atoms with Crippen LogP contribution < -0.4 is 4.74 Å². The molecule has 0 aliphatic heterocycles. The summed E-state index contributed by atoms with van der Waals surface area (Å²) >= 11 is 0. The van der Waals surface area contributed by atoms with Gasteiger partial charge in [-0.05, 0) is 12.1 Å². The highest BCUT2D eigenvalue weighted by molar-refractivity contribution is 5.75. The summed E-state index contributed by atoms with van der Waals surface area (Å²) in [4.78, 5) is 13.0. The predicted octanol–water partition coefficient (Wildman–Crippen LogP) is 2.11. The molecule has 1 rings (SSSR count). The van der Waals surface area contributed by atoms with Crippen LogP contribution in [0.3, 0.4) is 0 Å². The highest BCUT2D eigenvalue weighted by Crippen LogP contribution is 2.18. The Kier molecular flexibility index (Phi) is 5.73. The van der Waals surface area contributed by atoms with Crippen LogP contribution in [0, 0.1) is 23.0 Å². The summed E-state index contributed by atoms with van der Waals surface area (Å²) in [5.74, 6) is -1.71. The van der Waals surface area contributed by atoms with E-state index in [4.69, 9.17) is 10.00 Å². The molecule has 0 aliphatic rings. The fourth-order valence-corrected chi connectivity index (χ4v) is 1.37. The Morgan fingerprint density at radius 1 is 1.47 bits per heavy atom. The molecule has 0 unspecified atom stereocenters. The molecule has 0 atom stereocenters. The zero-order valence-electron chi connectivity index (χ0n) is 10.5. The van der Waals surface area contributed by atoms with Crippen molar-refractivity contribution < 1.29 is 18.3 Å². The number of benzene rings is 1. The molecule has 0 saturated carbocycles. The number of hydrogen-bond acceptors (Lipinski definition) is 3. The Morgan fingerprint density at radius 3 is 2.89 bits per heavy atom. The summed E-state index contributed by atoms with van der Waals surface area (Å²) in [6.07, 6.45) is 0.291. The number of nitrogens with zero attached hydrogens (tertiary/aromatic N) is 2. The Labute approximate surface area is 110 Å². The molecule has 102 valence electrons. The number of nitriles is 1. The van der Waals surface area contributed by atoms with Gasteiger partial charge in [0.2, 0.25) is 5.91 Å². The second-order valence-corrected chi connectivity index (χ2v) is 3.90. The number of amides is 1. The summed E-state index contributed by atoms with van der Waals surface area (Å²) in [5, 5.41) is 8.39. The average molecular weight is 268 g/mol. The summed E-state index contributed by atoms with van der Waals surface area (Å²) in [5.41, 5.74) is 0. The minimum Gasteiger partial charge on any atom is -0.490 e. The molecule has 6 heteroatoms. The molecule has 0 N–H and O–H groups in total. The van der Waals surface area contributed by atoms with Crippen LogP contribution in [0.4, 0.5) is 8.78 Å². The molecule has 4 nitrogen and oxygen atoms in total. The minimum absolute atomic E-state index is 0.0396. The van der Waals surface area contributed by atoms with Gasteiger partial charge in [-0.1, -0.05) is 0 Å². The van der Waals surface area contributed by atoms with Crippen molar-refractivity contribution in [2.24, 2.45) is 0 Å². The third-order valence-corrected chi connectivity index (χ3v) is 2.45. The van der Waals surface area contributed by atoms with Crippen LogP contribution in [0.5, 0.6) is 5.75 Å². The van der Waals surface area contributed by atoms with Gasteiger partial charge in [0, 0.05) is 19.7 Å². The molecule has 0 aromatic heterocycles. The molecule has 0 radical (unpaired) electrons. The Hall–Kier alpha value is -2.16. The van der Waals surface area contributed by atoms with Crippen molar-refractivity contribution in [2.75, 3.05) is 20.2 Å². The van der Waals surface area contributed by atoms with E-state index in [9.17, 15) is 13.6 Å². The molecule has 0 fully saturated rings. The molecule has 0 bridgehead atoms. The summed E-state index contributed by atoms with van der Waals surface area (Å²) in [6.45, 7) is 0.291. The molecule has 0 heterocycles. The number of hydrogen-bond donors (Lipinski definition) is 0. The van der Waals surface area contributed by atoms with E-state index < -0.39 is 11.6 Å². The smallest absolute Gasteiger partial charge is 0.225 e. The second-order valence-electron chi connectivity index (χ2n) is 3.90. The van der Waals surface area contributed by atoms with Gasteiger partial charge in [-0.2, -0.15) is 5.26 Å². The van der Waals surface area contributed by atoms with E-state index in [-0.39, 0.29) is 31.1 Å². The molecule has 1 aromatic carbocycles. The molecule has 0 spiro atoms. The summed E-state index contributed by atoms with van der Waals surface area (Å²) in [7, 11) is 1.57. The maximum atomic E-state index is 13.2. The molecular formula is C13H14F2N2O2. The van der Waals surface area contributed by atoms with Crippen molar-refractivity contribution in [1.82, 2.24) is 4.90 Å². The van der Waals surface area contributed by atoms with Gasteiger partial charge in [0.15, 0.2) is 11.6 Å². The maximum Gasteiger partial charge on any atom is 0.225 e. The molecule has 1 amide bonds. The van der Waals surface area contributed by atoms with Crippen molar-refractivity contribution in [3.8, 4) is 11.8 Å². The first-order valence-electron chi connectivity index (χ1n) is 5.73. The van der Waals surface area contributed by atoms with E-state index >= 15 is 0 Å². The topological polar surface area (TPSA) is 53.3 Å². The number of carbonyl (C=O) groups is 1. The number of carbonyl (C=O) groups excluding carboxylic acids is 1. The Morgan fingerprint density at radius 2 is 2.21 bits per heavy atom. The first-order valence-corrected chi connectivity index (χ1v) is 5.73. The van der Waals surface area contributed by atoms with E-state index in [1.54, 1.807) is 7.05 Å². The second kappa shape index (κ2) is 7.31. The Bertz CT molecular complexity index is 486. The monoisotopic (exact) mass is 268 g/mol. The number of rotatable bonds is 6. The van der Waals surface area contributed by atoms with Gasteiger partial charge in [0.25, 0.3) is 0 Å². The van der Waals surface area contributed by atoms with Gasteiger partial charge in [0.1, 0.15) is 5.82 Å². The van der Waals surface area contributed by atoms with E-state index in [1.807, 2.05) is 6.07 Å². The Balaban J connectivity index is 2.40. The normalized spacial score (nSPS) is 9.79. The van der Waals surface area contributed by atoms with E-state index in [0.717, 1.165) is 18.2 Å². The highest BCUT2D eigenvalue weighted by atomic mass is 19.1. The van der Waals surface area contributed by atoms with Gasteiger partial charge in [-0.15, -0.1) is 0 Å². The van der Waals surface area contributed by atoms with Gasteiger partial charge in [-0.25, -0.2) is 8.78 Å². The number of halogens is 2. The molecule has 0 saturated heterocycles. The van der Waals surface area contributed by atoms with Crippen molar-refractivity contribution >= 4 is 5.91 Å². The standard InChI is InChI=1S/C13H14F2N2O2/c1-17(7-2-6-16)13(18)5-8-19-12-9-10(14)3-4-11(12)15/h3-4,9H,2,5,7-8H2,1H3. The van der Waals surface area contributed by atoms with E-state index in [2.05, 4.69) is 0 Å². The molecular weight excluding hydrogens is 254 g/mol. The SMILES string of the molecule is CN(CCC#N)C(=O)CCOc1cc(F)ccc1F. The van der Waals surface area contributed by atoms with Crippen LogP contribution in [0.25, 0.3) is 0 Å². The van der Waals surface area contributed by atoms with E-state index in [0.29, 0.717) is 6.54 Å². The van der Waals surface area contributed by atoms with Gasteiger partial charge in [0.05, 0.1) is 25.5 Å². The van der Waals surface area contributed by atoms with Crippen LogP contribution in [-0.4, -0.2) is 31.0 Å². The minimum atomic E-state index is -0.674. The summed E-state index contributed by atoms with van der Waals surface area (Å²) < 4.78 is 31.1. The van der Waals surface area contributed by atoms with Crippen LogP contribution in [0.15, 0.2) is 18.2 Å². The van der Waals surface area contributed by atoms with Gasteiger partial charge < -0.3 is 9.64 Å². The van der Waals surface area contributed by atoms with E-state index in [1.165, 1.54) is 4.90 Å².